The molecule has 0 radical (unpaired) electrons. The summed E-state index contributed by atoms with van der Waals surface area (Å²) >= 11 is 0. The van der Waals surface area contributed by atoms with E-state index < -0.39 is 0 Å². The molecular weight excluding hydrogens is 166 g/mol. The summed E-state index contributed by atoms with van der Waals surface area (Å²) < 4.78 is 0. The SMILES string of the molecule is CNC(=O)N(C)c1cc(C)ccn1. The van der Waals surface area contributed by atoms with Gasteiger partial charge in [0.25, 0.3) is 0 Å². The molecule has 0 saturated heterocycles. The fourth-order valence-electron chi connectivity index (χ4n) is 0.975. The number of nitrogens with one attached hydrogen (secondary N) is 1. The molecular formula is C9H13N3O. The summed E-state index contributed by atoms with van der Waals surface area (Å²) in [6, 6.07) is 3.58. The number of pyridine rings is 1. The van der Waals surface area contributed by atoms with Crippen molar-refractivity contribution < 1.29 is 4.79 Å². The molecule has 0 bridgehead atoms. The maximum Gasteiger partial charge on any atom is 0.322 e. The van der Waals surface area contributed by atoms with E-state index in [4.69, 9.17) is 0 Å². The summed E-state index contributed by atoms with van der Waals surface area (Å²) in [5.74, 6) is 0.652. The summed E-state index contributed by atoms with van der Waals surface area (Å²) in [7, 11) is 3.27. The highest BCUT2D eigenvalue weighted by Crippen LogP contribution is 2.09. The van der Waals surface area contributed by atoms with E-state index in [2.05, 4.69) is 10.3 Å². The topological polar surface area (TPSA) is 45.2 Å². The summed E-state index contributed by atoms with van der Waals surface area (Å²) in [6.07, 6.45) is 1.68. The largest absolute Gasteiger partial charge is 0.341 e. The summed E-state index contributed by atoms with van der Waals surface area (Å²) in [4.78, 5) is 16.7. The van der Waals surface area contributed by atoms with E-state index in [0.29, 0.717) is 5.82 Å². The number of nitrogens with zero attached hydrogens (tertiary/aromatic N) is 2. The van der Waals surface area contributed by atoms with Crippen molar-refractivity contribution in [1.29, 1.82) is 0 Å². The number of aryl methyl sites for hydroxylation is 1. The third-order valence-corrected chi connectivity index (χ3v) is 1.76. The van der Waals surface area contributed by atoms with Gasteiger partial charge in [-0.1, -0.05) is 0 Å². The Kier molecular flexibility index (Phi) is 2.84. The van der Waals surface area contributed by atoms with Gasteiger partial charge in [-0.2, -0.15) is 0 Å². The van der Waals surface area contributed by atoms with Crippen molar-refractivity contribution in [3.8, 4) is 0 Å². The van der Waals surface area contributed by atoms with Gasteiger partial charge in [0.15, 0.2) is 0 Å². The van der Waals surface area contributed by atoms with Gasteiger partial charge in [-0.05, 0) is 24.6 Å². The van der Waals surface area contributed by atoms with Crippen molar-refractivity contribution in [2.45, 2.75) is 6.92 Å². The van der Waals surface area contributed by atoms with Crippen LogP contribution in [0.4, 0.5) is 10.6 Å². The molecule has 1 N–H and O–H groups in total. The Balaban J connectivity index is 2.88. The highest BCUT2D eigenvalue weighted by Gasteiger charge is 2.08. The van der Waals surface area contributed by atoms with Crippen LogP contribution in [0.15, 0.2) is 18.3 Å². The van der Waals surface area contributed by atoms with Gasteiger partial charge in [0.2, 0.25) is 0 Å². The quantitative estimate of drug-likeness (QED) is 0.703. The maximum atomic E-state index is 11.2. The first kappa shape index (κ1) is 9.51. The first-order valence-electron chi connectivity index (χ1n) is 4.03. The van der Waals surface area contributed by atoms with Gasteiger partial charge in [0, 0.05) is 20.3 Å². The lowest BCUT2D eigenvalue weighted by molar-refractivity contribution is 0.249. The number of anilines is 1. The molecule has 0 aliphatic heterocycles. The molecule has 0 saturated carbocycles. The lowest BCUT2D eigenvalue weighted by Crippen LogP contribution is -2.35. The number of carbonyl (C=O) groups is 1. The van der Waals surface area contributed by atoms with Gasteiger partial charge >= 0.3 is 6.03 Å². The average Bonchev–Trinajstić information content (AvgIpc) is 2.15. The van der Waals surface area contributed by atoms with Crippen LogP contribution in [0.5, 0.6) is 0 Å². The van der Waals surface area contributed by atoms with Gasteiger partial charge in [0.1, 0.15) is 5.82 Å². The Bertz CT molecular complexity index is 311. The fraction of sp³-hybridized carbons (Fsp3) is 0.333. The molecule has 1 aromatic rings. The zero-order valence-electron chi connectivity index (χ0n) is 8.03. The third-order valence-electron chi connectivity index (χ3n) is 1.76. The molecule has 0 aliphatic carbocycles. The minimum Gasteiger partial charge on any atom is -0.341 e. The van der Waals surface area contributed by atoms with Gasteiger partial charge in [-0.25, -0.2) is 9.78 Å². The van der Waals surface area contributed by atoms with Crippen molar-refractivity contribution in [1.82, 2.24) is 10.3 Å². The van der Waals surface area contributed by atoms with E-state index in [9.17, 15) is 4.79 Å². The second-order valence-electron chi connectivity index (χ2n) is 2.81. The van der Waals surface area contributed by atoms with Crippen molar-refractivity contribution in [3.05, 3.63) is 23.9 Å². The number of amides is 2. The summed E-state index contributed by atoms with van der Waals surface area (Å²) in [5, 5.41) is 2.53. The second kappa shape index (κ2) is 3.89. The van der Waals surface area contributed by atoms with E-state index >= 15 is 0 Å². The van der Waals surface area contributed by atoms with Crippen molar-refractivity contribution in [2.24, 2.45) is 0 Å². The summed E-state index contributed by atoms with van der Waals surface area (Å²) in [5.41, 5.74) is 1.08. The van der Waals surface area contributed by atoms with Gasteiger partial charge in [-0.15, -0.1) is 0 Å². The first-order valence-corrected chi connectivity index (χ1v) is 4.03. The molecule has 4 nitrogen and oxygen atoms in total. The van der Waals surface area contributed by atoms with Crippen LogP contribution in [0.2, 0.25) is 0 Å². The van der Waals surface area contributed by atoms with Crippen LogP contribution in [-0.2, 0) is 0 Å². The van der Waals surface area contributed by atoms with E-state index in [0.717, 1.165) is 5.56 Å². The van der Waals surface area contributed by atoms with Gasteiger partial charge in [-0.3, -0.25) is 4.90 Å². The fourth-order valence-corrected chi connectivity index (χ4v) is 0.975. The number of hydrogen-bond acceptors (Lipinski definition) is 2. The molecule has 0 aromatic carbocycles. The van der Waals surface area contributed by atoms with Gasteiger partial charge in [0.05, 0.1) is 0 Å². The van der Waals surface area contributed by atoms with Crippen LogP contribution in [-0.4, -0.2) is 25.1 Å². The van der Waals surface area contributed by atoms with Crippen LogP contribution >= 0.6 is 0 Å². The number of hydrogen-bond donors (Lipinski definition) is 1. The van der Waals surface area contributed by atoms with E-state index in [1.807, 2.05) is 19.1 Å². The Morgan fingerprint density at radius 2 is 2.31 bits per heavy atom. The predicted octanol–water partition coefficient (Wildman–Crippen LogP) is 1.17. The van der Waals surface area contributed by atoms with Crippen molar-refractivity contribution in [2.75, 3.05) is 19.0 Å². The molecule has 1 aromatic heterocycles. The molecule has 2 amide bonds. The van der Waals surface area contributed by atoms with Crippen LogP contribution in [0.3, 0.4) is 0 Å². The molecule has 0 spiro atoms. The normalized spacial score (nSPS) is 9.46. The molecule has 0 atom stereocenters. The highest BCUT2D eigenvalue weighted by atomic mass is 16.2. The minimum absolute atomic E-state index is 0.168. The molecule has 0 aliphatic rings. The number of urea groups is 1. The third kappa shape index (κ3) is 2.18. The second-order valence-corrected chi connectivity index (χ2v) is 2.81. The molecule has 1 heterocycles. The zero-order valence-corrected chi connectivity index (χ0v) is 8.03. The van der Waals surface area contributed by atoms with Crippen molar-refractivity contribution >= 4 is 11.8 Å². The van der Waals surface area contributed by atoms with E-state index in [1.54, 1.807) is 20.3 Å². The monoisotopic (exact) mass is 179 g/mol. The van der Waals surface area contributed by atoms with E-state index in [1.165, 1.54) is 4.90 Å². The molecule has 4 heteroatoms. The average molecular weight is 179 g/mol. The number of carbonyl (C=O) groups excluding carboxylic acids is 1. The van der Waals surface area contributed by atoms with Gasteiger partial charge < -0.3 is 5.32 Å². The molecule has 13 heavy (non-hydrogen) atoms. The number of rotatable bonds is 1. The van der Waals surface area contributed by atoms with Crippen LogP contribution in [0.25, 0.3) is 0 Å². The smallest absolute Gasteiger partial charge is 0.322 e. The molecule has 1 rings (SSSR count). The number of aromatic nitrogens is 1. The Labute approximate surface area is 77.6 Å². The molecule has 0 fully saturated rings. The standard InChI is InChI=1S/C9H13N3O/c1-7-4-5-11-8(6-7)12(3)9(13)10-2/h4-6H,1-3H3,(H,10,13). The highest BCUT2D eigenvalue weighted by molar-refractivity contribution is 5.90. The summed E-state index contributed by atoms with van der Waals surface area (Å²) in [6.45, 7) is 1.96. The predicted molar refractivity (Wildman–Crippen MR) is 51.8 cm³/mol. The molecule has 0 unspecified atom stereocenters. The van der Waals surface area contributed by atoms with Crippen LogP contribution < -0.4 is 10.2 Å². The Hall–Kier alpha value is -1.58. The van der Waals surface area contributed by atoms with Crippen molar-refractivity contribution in [3.63, 3.8) is 0 Å². The lowest BCUT2D eigenvalue weighted by Gasteiger charge is -2.15. The maximum absolute atomic E-state index is 11.2. The van der Waals surface area contributed by atoms with Crippen LogP contribution in [0, 0.1) is 6.92 Å². The first-order chi connectivity index (χ1) is 6.15. The zero-order chi connectivity index (χ0) is 9.84. The van der Waals surface area contributed by atoms with Crippen LogP contribution in [0.1, 0.15) is 5.56 Å². The molecule has 70 valence electrons. The Morgan fingerprint density at radius 1 is 1.62 bits per heavy atom. The Morgan fingerprint density at radius 3 is 2.85 bits per heavy atom. The lowest BCUT2D eigenvalue weighted by atomic mass is 10.3. The van der Waals surface area contributed by atoms with E-state index in [-0.39, 0.29) is 6.03 Å². The minimum atomic E-state index is -0.168.